The summed E-state index contributed by atoms with van der Waals surface area (Å²) in [7, 11) is 0. The molecule has 1 aromatic heterocycles. The molecule has 1 aliphatic rings. The molecule has 0 amide bonds. The Kier molecular flexibility index (Phi) is 3.31. The molecule has 100 valence electrons. The maximum absolute atomic E-state index is 11.1. The lowest BCUT2D eigenvalue weighted by Gasteiger charge is -2.06. The third-order valence-electron chi connectivity index (χ3n) is 3.26. The first-order valence-corrected chi connectivity index (χ1v) is 7.14. The Bertz CT molecular complexity index is 714. The number of pyridine rings is 1. The lowest BCUT2D eigenvalue weighted by atomic mass is 9.98. The SMILES string of the molecule is O=[N+]([O-])c1cc2c(cc1CBr)C(c1ccncc1)=NC2. The van der Waals surface area contributed by atoms with Gasteiger partial charge in [0.25, 0.3) is 5.69 Å². The minimum absolute atomic E-state index is 0.145. The fraction of sp³-hybridized carbons (Fsp3) is 0.143. The number of rotatable bonds is 3. The molecule has 20 heavy (non-hydrogen) atoms. The van der Waals surface area contributed by atoms with E-state index < -0.39 is 0 Å². The molecule has 0 fully saturated rings. The van der Waals surface area contributed by atoms with Crippen molar-refractivity contribution in [2.45, 2.75) is 11.9 Å². The Balaban J connectivity index is 2.11. The van der Waals surface area contributed by atoms with E-state index >= 15 is 0 Å². The molecule has 0 bridgehead atoms. The topological polar surface area (TPSA) is 68.4 Å². The molecule has 3 rings (SSSR count). The molecule has 0 saturated heterocycles. The summed E-state index contributed by atoms with van der Waals surface area (Å²) in [5, 5.41) is 11.5. The highest BCUT2D eigenvalue weighted by Crippen LogP contribution is 2.31. The van der Waals surface area contributed by atoms with Gasteiger partial charge in [0.1, 0.15) is 0 Å². The number of nitro groups is 1. The highest BCUT2D eigenvalue weighted by atomic mass is 79.9. The van der Waals surface area contributed by atoms with Crippen LogP contribution < -0.4 is 0 Å². The molecular weight excluding hydrogens is 322 g/mol. The average Bonchev–Trinajstić information content (AvgIpc) is 2.89. The van der Waals surface area contributed by atoms with Gasteiger partial charge in [0.2, 0.25) is 0 Å². The number of nitrogens with zero attached hydrogens (tertiary/aromatic N) is 3. The van der Waals surface area contributed by atoms with Crippen molar-refractivity contribution < 1.29 is 4.92 Å². The second-order valence-electron chi connectivity index (χ2n) is 4.43. The molecule has 5 nitrogen and oxygen atoms in total. The molecule has 6 heteroatoms. The van der Waals surface area contributed by atoms with Crippen LogP contribution in [0, 0.1) is 10.1 Å². The van der Waals surface area contributed by atoms with Gasteiger partial charge in [-0.05, 0) is 23.8 Å². The second kappa shape index (κ2) is 5.13. The summed E-state index contributed by atoms with van der Waals surface area (Å²) in [6.07, 6.45) is 3.43. The first kappa shape index (κ1) is 12.9. The number of aliphatic imine (C=N–C) groups is 1. The van der Waals surface area contributed by atoms with Gasteiger partial charge in [0, 0.05) is 40.5 Å². The summed E-state index contributed by atoms with van der Waals surface area (Å²) in [5.41, 5.74) is 4.53. The molecule has 1 aromatic carbocycles. The van der Waals surface area contributed by atoms with Gasteiger partial charge in [-0.1, -0.05) is 15.9 Å². The van der Waals surface area contributed by atoms with Gasteiger partial charge < -0.3 is 0 Å². The number of benzene rings is 1. The van der Waals surface area contributed by atoms with Crippen LogP contribution in [-0.2, 0) is 11.9 Å². The minimum atomic E-state index is -0.346. The predicted molar refractivity (Wildman–Crippen MR) is 79.3 cm³/mol. The maximum Gasteiger partial charge on any atom is 0.273 e. The van der Waals surface area contributed by atoms with Crippen LogP contribution in [0.25, 0.3) is 0 Å². The standard InChI is InChI=1S/C14H10BrN3O2/c15-7-10-5-12-11(6-13(10)18(19)20)8-17-14(12)9-1-3-16-4-2-9/h1-6H,7-8H2. The predicted octanol–water partition coefficient (Wildman–Crippen LogP) is 3.24. The van der Waals surface area contributed by atoms with Crippen molar-refractivity contribution >= 4 is 27.3 Å². The fourth-order valence-corrected chi connectivity index (χ4v) is 2.76. The van der Waals surface area contributed by atoms with E-state index in [0.717, 1.165) is 22.4 Å². The van der Waals surface area contributed by atoms with Crippen LogP contribution in [0.1, 0.15) is 22.3 Å². The van der Waals surface area contributed by atoms with Gasteiger partial charge in [-0.25, -0.2) is 0 Å². The molecule has 1 aliphatic heterocycles. The molecule has 0 N–H and O–H groups in total. The Morgan fingerprint density at radius 1 is 1.30 bits per heavy atom. The number of nitro benzene ring substituents is 1. The Labute approximate surface area is 123 Å². The van der Waals surface area contributed by atoms with Gasteiger partial charge in [-0.3, -0.25) is 20.1 Å². The third-order valence-corrected chi connectivity index (χ3v) is 3.87. The van der Waals surface area contributed by atoms with E-state index in [2.05, 4.69) is 25.9 Å². The molecule has 2 heterocycles. The summed E-state index contributed by atoms with van der Waals surface area (Å²) in [6, 6.07) is 7.27. The Hall–Kier alpha value is -2.08. The molecule has 0 atom stereocenters. The minimum Gasteiger partial charge on any atom is -0.279 e. The summed E-state index contributed by atoms with van der Waals surface area (Å²) >= 11 is 3.31. The van der Waals surface area contributed by atoms with Gasteiger partial charge >= 0.3 is 0 Å². The van der Waals surface area contributed by atoms with Crippen molar-refractivity contribution in [3.05, 3.63) is 69.0 Å². The van der Waals surface area contributed by atoms with Gasteiger partial charge in [0.05, 0.1) is 17.2 Å². The number of aromatic nitrogens is 1. The maximum atomic E-state index is 11.1. The number of halogens is 1. The normalized spacial score (nSPS) is 12.9. The third kappa shape index (κ3) is 2.12. The quantitative estimate of drug-likeness (QED) is 0.492. The van der Waals surface area contributed by atoms with Crippen molar-refractivity contribution in [3.8, 4) is 0 Å². The molecular formula is C14H10BrN3O2. The van der Waals surface area contributed by atoms with Crippen LogP contribution in [0.4, 0.5) is 5.69 Å². The highest BCUT2D eigenvalue weighted by Gasteiger charge is 2.23. The number of hydrogen-bond acceptors (Lipinski definition) is 4. The summed E-state index contributed by atoms with van der Waals surface area (Å²) < 4.78 is 0. The molecule has 2 aromatic rings. The van der Waals surface area contributed by atoms with Crippen LogP contribution in [-0.4, -0.2) is 15.6 Å². The number of alkyl halides is 1. The van der Waals surface area contributed by atoms with E-state index in [-0.39, 0.29) is 10.6 Å². The van der Waals surface area contributed by atoms with Crippen LogP contribution in [0.3, 0.4) is 0 Å². The zero-order chi connectivity index (χ0) is 14.1. The van der Waals surface area contributed by atoms with E-state index in [1.807, 2.05) is 18.2 Å². The smallest absolute Gasteiger partial charge is 0.273 e. The summed E-state index contributed by atoms with van der Waals surface area (Å²) in [5.74, 6) is 0. The van der Waals surface area contributed by atoms with Gasteiger partial charge in [0.15, 0.2) is 0 Å². The first-order chi connectivity index (χ1) is 9.70. The van der Waals surface area contributed by atoms with E-state index in [4.69, 9.17) is 0 Å². The highest BCUT2D eigenvalue weighted by molar-refractivity contribution is 9.08. The first-order valence-electron chi connectivity index (χ1n) is 6.02. The van der Waals surface area contributed by atoms with Crippen molar-refractivity contribution in [1.29, 1.82) is 0 Å². The van der Waals surface area contributed by atoms with Crippen molar-refractivity contribution in [2.24, 2.45) is 4.99 Å². The molecule has 0 aliphatic carbocycles. The monoisotopic (exact) mass is 331 g/mol. The summed E-state index contributed by atoms with van der Waals surface area (Å²) in [6.45, 7) is 0.483. The zero-order valence-corrected chi connectivity index (χ0v) is 12.0. The van der Waals surface area contributed by atoms with Gasteiger partial charge in [-0.15, -0.1) is 0 Å². The van der Waals surface area contributed by atoms with Crippen LogP contribution >= 0.6 is 15.9 Å². The van der Waals surface area contributed by atoms with Crippen LogP contribution in [0.2, 0.25) is 0 Å². The zero-order valence-electron chi connectivity index (χ0n) is 10.4. The Morgan fingerprint density at radius 3 is 2.70 bits per heavy atom. The van der Waals surface area contributed by atoms with Crippen molar-refractivity contribution in [2.75, 3.05) is 0 Å². The largest absolute Gasteiger partial charge is 0.279 e. The van der Waals surface area contributed by atoms with E-state index in [1.54, 1.807) is 18.5 Å². The molecule has 0 saturated carbocycles. The number of hydrogen-bond donors (Lipinski definition) is 0. The van der Waals surface area contributed by atoms with Crippen molar-refractivity contribution in [3.63, 3.8) is 0 Å². The second-order valence-corrected chi connectivity index (χ2v) is 4.99. The molecule has 0 unspecified atom stereocenters. The van der Waals surface area contributed by atoms with Crippen LogP contribution in [0.5, 0.6) is 0 Å². The number of fused-ring (bicyclic) bond motifs is 1. The van der Waals surface area contributed by atoms with Crippen LogP contribution in [0.15, 0.2) is 41.7 Å². The Morgan fingerprint density at radius 2 is 2.05 bits per heavy atom. The van der Waals surface area contributed by atoms with Gasteiger partial charge in [-0.2, -0.15) is 0 Å². The van der Waals surface area contributed by atoms with Crippen molar-refractivity contribution in [1.82, 2.24) is 4.98 Å². The lowest BCUT2D eigenvalue weighted by Crippen LogP contribution is -2.03. The van der Waals surface area contributed by atoms with E-state index in [1.165, 1.54) is 0 Å². The van der Waals surface area contributed by atoms with E-state index in [0.29, 0.717) is 17.4 Å². The van der Waals surface area contributed by atoms with E-state index in [9.17, 15) is 10.1 Å². The average molecular weight is 332 g/mol. The molecule has 0 radical (unpaired) electrons. The molecule has 0 spiro atoms. The lowest BCUT2D eigenvalue weighted by molar-refractivity contribution is -0.385. The fourth-order valence-electron chi connectivity index (χ4n) is 2.31. The summed E-state index contributed by atoms with van der Waals surface area (Å²) in [4.78, 5) is 19.2.